The van der Waals surface area contributed by atoms with Gasteiger partial charge in [0.15, 0.2) is 0 Å². The minimum atomic E-state index is 0.103. The second-order valence-electron chi connectivity index (χ2n) is 6.90. The molecule has 0 saturated carbocycles. The van der Waals surface area contributed by atoms with Gasteiger partial charge in [-0.2, -0.15) is 0 Å². The van der Waals surface area contributed by atoms with Gasteiger partial charge in [-0.05, 0) is 45.2 Å². The first-order valence-corrected chi connectivity index (χ1v) is 9.22. The standard InChI is InChI=1S/C19H28N4O2/c1-14(2)25-13-5-10-20-18(24)15-8-11-23(12-9-15)19-21-16-6-3-4-7-17(16)22-19/h3-4,6-7,14-15H,5,8-13H2,1-2H3,(H,20,24)(H,21,22). The van der Waals surface area contributed by atoms with Gasteiger partial charge < -0.3 is 19.9 Å². The molecule has 1 aliphatic rings. The van der Waals surface area contributed by atoms with Crippen molar-refractivity contribution in [2.45, 2.75) is 39.2 Å². The Morgan fingerprint density at radius 3 is 2.84 bits per heavy atom. The van der Waals surface area contributed by atoms with Crippen molar-refractivity contribution in [1.82, 2.24) is 15.3 Å². The van der Waals surface area contributed by atoms with E-state index in [0.717, 1.165) is 49.3 Å². The van der Waals surface area contributed by atoms with Crippen LogP contribution in [0, 0.1) is 5.92 Å². The summed E-state index contributed by atoms with van der Waals surface area (Å²) in [5.74, 6) is 1.19. The van der Waals surface area contributed by atoms with E-state index in [0.29, 0.717) is 13.2 Å². The van der Waals surface area contributed by atoms with E-state index in [-0.39, 0.29) is 17.9 Å². The van der Waals surface area contributed by atoms with Crippen molar-refractivity contribution in [2.24, 2.45) is 5.92 Å². The van der Waals surface area contributed by atoms with Gasteiger partial charge in [-0.25, -0.2) is 4.98 Å². The number of carbonyl (C=O) groups is 1. The summed E-state index contributed by atoms with van der Waals surface area (Å²) in [7, 11) is 0. The van der Waals surface area contributed by atoms with Gasteiger partial charge in [0.2, 0.25) is 11.9 Å². The van der Waals surface area contributed by atoms with Crippen molar-refractivity contribution in [3.8, 4) is 0 Å². The summed E-state index contributed by atoms with van der Waals surface area (Å²) in [6.07, 6.45) is 2.84. The summed E-state index contributed by atoms with van der Waals surface area (Å²) in [6, 6.07) is 8.05. The second-order valence-corrected chi connectivity index (χ2v) is 6.90. The van der Waals surface area contributed by atoms with Crippen LogP contribution in [0.3, 0.4) is 0 Å². The van der Waals surface area contributed by atoms with E-state index in [4.69, 9.17) is 4.74 Å². The van der Waals surface area contributed by atoms with Gasteiger partial charge >= 0.3 is 0 Å². The highest BCUT2D eigenvalue weighted by atomic mass is 16.5. The maximum Gasteiger partial charge on any atom is 0.223 e. The molecule has 0 unspecified atom stereocenters. The average Bonchev–Trinajstić information content (AvgIpc) is 3.05. The number of piperidine rings is 1. The summed E-state index contributed by atoms with van der Waals surface area (Å²) in [6.45, 7) is 7.14. The maximum atomic E-state index is 12.3. The monoisotopic (exact) mass is 344 g/mol. The van der Waals surface area contributed by atoms with Crippen molar-refractivity contribution in [3.05, 3.63) is 24.3 Å². The van der Waals surface area contributed by atoms with Gasteiger partial charge in [0.1, 0.15) is 0 Å². The van der Waals surface area contributed by atoms with Crippen LogP contribution in [-0.4, -0.2) is 48.2 Å². The van der Waals surface area contributed by atoms with Crippen LogP contribution in [0.15, 0.2) is 24.3 Å². The van der Waals surface area contributed by atoms with Gasteiger partial charge in [-0.3, -0.25) is 4.79 Å². The van der Waals surface area contributed by atoms with E-state index in [1.165, 1.54) is 0 Å². The molecule has 2 heterocycles. The number of carbonyl (C=O) groups excluding carboxylic acids is 1. The number of imidazole rings is 1. The molecule has 2 aromatic rings. The third kappa shape index (κ3) is 4.72. The van der Waals surface area contributed by atoms with Gasteiger partial charge in [0.05, 0.1) is 17.1 Å². The highest BCUT2D eigenvalue weighted by Gasteiger charge is 2.26. The predicted octanol–water partition coefficient (Wildman–Crippen LogP) is 2.71. The Labute approximate surface area is 149 Å². The van der Waals surface area contributed by atoms with Gasteiger partial charge in [0, 0.05) is 32.2 Å². The topological polar surface area (TPSA) is 70.2 Å². The lowest BCUT2D eigenvalue weighted by Gasteiger charge is -2.31. The molecule has 25 heavy (non-hydrogen) atoms. The lowest BCUT2D eigenvalue weighted by atomic mass is 9.96. The van der Waals surface area contributed by atoms with Crippen molar-refractivity contribution in [1.29, 1.82) is 0 Å². The van der Waals surface area contributed by atoms with E-state index >= 15 is 0 Å². The summed E-state index contributed by atoms with van der Waals surface area (Å²) < 4.78 is 5.49. The third-order valence-electron chi connectivity index (χ3n) is 4.61. The van der Waals surface area contributed by atoms with E-state index in [1.54, 1.807) is 0 Å². The highest BCUT2D eigenvalue weighted by molar-refractivity contribution is 5.79. The number of H-pyrrole nitrogens is 1. The van der Waals surface area contributed by atoms with E-state index in [1.807, 2.05) is 38.1 Å². The Morgan fingerprint density at radius 2 is 2.12 bits per heavy atom. The number of rotatable bonds is 7. The van der Waals surface area contributed by atoms with Gasteiger partial charge in [0.25, 0.3) is 0 Å². The lowest BCUT2D eigenvalue weighted by molar-refractivity contribution is -0.125. The SMILES string of the molecule is CC(C)OCCCNC(=O)C1CCN(c2nc3ccccc3[nH]2)CC1. The fourth-order valence-corrected chi connectivity index (χ4v) is 3.19. The zero-order valence-electron chi connectivity index (χ0n) is 15.1. The lowest BCUT2D eigenvalue weighted by Crippen LogP contribution is -2.41. The van der Waals surface area contributed by atoms with E-state index in [2.05, 4.69) is 20.2 Å². The molecule has 0 aliphatic carbocycles. The molecule has 1 fully saturated rings. The smallest absolute Gasteiger partial charge is 0.223 e. The number of amides is 1. The second kappa shape index (κ2) is 8.34. The number of aromatic amines is 1. The molecule has 1 saturated heterocycles. The molecule has 0 radical (unpaired) electrons. The first kappa shape index (κ1) is 17.7. The first-order valence-electron chi connectivity index (χ1n) is 9.22. The number of ether oxygens (including phenoxy) is 1. The first-order chi connectivity index (χ1) is 12.1. The Morgan fingerprint density at radius 1 is 1.36 bits per heavy atom. The molecule has 1 aromatic heterocycles. The van der Waals surface area contributed by atoms with Crippen LogP contribution >= 0.6 is 0 Å². The minimum absolute atomic E-state index is 0.103. The number of anilines is 1. The third-order valence-corrected chi connectivity index (χ3v) is 4.61. The molecule has 0 atom stereocenters. The molecule has 0 bridgehead atoms. The quantitative estimate of drug-likeness (QED) is 0.758. The molecule has 6 heteroatoms. The van der Waals surface area contributed by atoms with Crippen molar-refractivity contribution < 1.29 is 9.53 Å². The molecule has 6 nitrogen and oxygen atoms in total. The van der Waals surface area contributed by atoms with Crippen molar-refractivity contribution in [3.63, 3.8) is 0 Å². The zero-order chi connectivity index (χ0) is 17.6. The minimum Gasteiger partial charge on any atom is -0.379 e. The summed E-state index contributed by atoms with van der Waals surface area (Å²) >= 11 is 0. The number of benzene rings is 1. The summed E-state index contributed by atoms with van der Waals surface area (Å²) in [5.41, 5.74) is 2.04. The molecule has 0 spiro atoms. The Hall–Kier alpha value is -2.08. The average molecular weight is 344 g/mol. The van der Waals surface area contributed by atoms with Crippen LogP contribution in [0.4, 0.5) is 5.95 Å². The van der Waals surface area contributed by atoms with Crippen LogP contribution in [0.25, 0.3) is 11.0 Å². The molecule has 1 amide bonds. The molecular weight excluding hydrogens is 316 g/mol. The number of aromatic nitrogens is 2. The number of nitrogens with one attached hydrogen (secondary N) is 2. The molecule has 136 valence electrons. The van der Waals surface area contributed by atoms with Crippen LogP contribution in [0.5, 0.6) is 0 Å². The van der Waals surface area contributed by atoms with Crippen LogP contribution in [0.1, 0.15) is 33.1 Å². The molecule has 3 rings (SSSR count). The Balaban J connectivity index is 1.42. The number of fused-ring (bicyclic) bond motifs is 1. The predicted molar refractivity (Wildman–Crippen MR) is 99.7 cm³/mol. The van der Waals surface area contributed by atoms with Crippen LogP contribution in [0.2, 0.25) is 0 Å². The molecule has 1 aliphatic heterocycles. The van der Waals surface area contributed by atoms with Crippen molar-refractivity contribution >= 4 is 22.9 Å². The fraction of sp³-hybridized carbons (Fsp3) is 0.579. The molecule has 1 aromatic carbocycles. The fourth-order valence-electron chi connectivity index (χ4n) is 3.19. The molecule has 2 N–H and O–H groups in total. The van der Waals surface area contributed by atoms with Gasteiger partial charge in [-0.15, -0.1) is 0 Å². The largest absolute Gasteiger partial charge is 0.379 e. The number of nitrogens with zero attached hydrogens (tertiary/aromatic N) is 2. The normalized spacial score (nSPS) is 15.9. The van der Waals surface area contributed by atoms with E-state index < -0.39 is 0 Å². The number of hydrogen-bond donors (Lipinski definition) is 2. The van der Waals surface area contributed by atoms with Gasteiger partial charge in [-0.1, -0.05) is 12.1 Å². The Bertz CT molecular complexity index is 657. The Kier molecular flexibility index (Phi) is 5.91. The number of para-hydroxylation sites is 2. The number of hydrogen-bond acceptors (Lipinski definition) is 4. The summed E-state index contributed by atoms with van der Waals surface area (Å²) in [5, 5.41) is 3.04. The maximum absolute atomic E-state index is 12.3. The summed E-state index contributed by atoms with van der Waals surface area (Å²) in [4.78, 5) is 22.5. The van der Waals surface area contributed by atoms with Crippen LogP contribution < -0.4 is 10.2 Å². The molecular formula is C19H28N4O2. The van der Waals surface area contributed by atoms with Crippen LogP contribution in [-0.2, 0) is 9.53 Å². The zero-order valence-corrected chi connectivity index (χ0v) is 15.1. The van der Waals surface area contributed by atoms with Crippen molar-refractivity contribution in [2.75, 3.05) is 31.1 Å². The highest BCUT2D eigenvalue weighted by Crippen LogP contribution is 2.23. The van der Waals surface area contributed by atoms with E-state index in [9.17, 15) is 4.79 Å².